The Morgan fingerprint density at radius 2 is 1.54 bits per heavy atom. The first-order valence-electron chi connectivity index (χ1n) is 15.0. The quantitative estimate of drug-likeness (QED) is 0.269. The SMILES string of the molecule is C.C.CC(=O)c1cc(F)ccc1N.CC(C)(C)OC(=O)N1CCC(=O)CC1.CCN1c2ccc(F)cc2C(=O)CC12CCNCC2. The minimum atomic E-state index is -0.460. The molecule has 0 unspecified atom stereocenters. The van der Waals surface area contributed by atoms with Crippen molar-refractivity contribution in [1.82, 2.24) is 10.2 Å². The van der Waals surface area contributed by atoms with Gasteiger partial charge < -0.3 is 25.6 Å². The van der Waals surface area contributed by atoms with Crippen molar-refractivity contribution in [3.05, 3.63) is 59.2 Å². The molecule has 256 valence electrons. The zero-order valence-electron chi connectivity index (χ0n) is 26.3. The number of halogens is 2. The van der Waals surface area contributed by atoms with Crippen LogP contribution in [0, 0.1) is 11.6 Å². The van der Waals surface area contributed by atoms with Gasteiger partial charge in [0.05, 0.1) is 0 Å². The number of fused-ring (bicyclic) bond motifs is 1. The summed E-state index contributed by atoms with van der Waals surface area (Å²) >= 11 is 0. The Hall–Kier alpha value is -3.86. The van der Waals surface area contributed by atoms with Gasteiger partial charge >= 0.3 is 6.09 Å². The molecule has 0 saturated carbocycles. The number of likely N-dealkylation sites (tertiary alicyclic amines) is 1. The number of carbonyl (C=O) groups excluding carboxylic acids is 4. The molecule has 46 heavy (non-hydrogen) atoms. The molecule has 3 heterocycles. The highest BCUT2D eigenvalue weighted by molar-refractivity contribution is 6.04. The number of amides is 1. The minimum absolute atomic E-state index is 0. The molecule has 2 fully saturated rings. The number of benzene rings is 2. The van der Waals surface area contributed by atoms with Crippen LogP contribution in [0.1, 0.15) is 102 Å². The van der Waals surface area contributed by atoms with E-state index in [0.717, 1.165) is 44.2 Å². The lowest BCUT2D eigenvalue weighted by atomic mass is 9.77. The third-order valence-electron chi connectivity index (χ3n) is 7.83. The Bertz CT molecular complexity index is 1360. The van der Waals surface area contributed by atoms with Gasteiger partial charge in [-0.15, -0.1) is 0 Å². The highest BCUT2D eigenvalue weighted by Crippen LogP contribution is 2.41. The molecule has 2 saturated heterocycles. The summed E-state index contributed by atoms with van der Waals surface area (Å²) in [5.74, 6) is -0.679. The van der Waals surface area contributed by atoms with Crippen molar-refractivity contribution in [2.24, 2.45) is 0 Å². The second kappa shape index (κ2) is 17.2. The second-order valence-corrected chi connectivity index (χ2v) is 12.3. The van der Waals surface area contributed by atoms with Crippen LogP contribution in [-0.2, 0) is 9.53 Å². The van der Waals surface area contributed by atoms with E-state index in [4.69, 9.17) is 10.5 Å². The fraction of sp³-hybridized carbons (Fsp3) is 0.543. The first-order chi connectivity index (χ1) is 20.7. The summed E-state index contributed by atoms with van der Waals surface area (Å²) in [4.78, 5) is 49.5. The summed E-state index contributed by atoms with van der Waals surface area (Å²) in [5.41, 5.74) is 6.89. The Morgan fingerprint density at radius 1 is 0.978 bits per heavy atom. The van der Waals surface area contributed by atoms with E-state index in [1.807, 2.05) is 20.8 Å². The van der Waals surface area contributed by atoms with Crippen molar-refractivity contribution in [1.29, 1.82) is 0 Å². The molecule has 1 spiro atoms. The fourth-order valence-electron chi connectivity index (χ4n) is 5.66. The summed E-state index contributed by atoms with van der Waals surface area (Å²) < 4.78 is 31.0. The zero-order chi connectivity index (χ0) is 32.7. The van der Waals surface area contributed by atoms with Crippen molar-refractivity contribution < 1.29 is 32.7 Å². The van der Waals surface area contributed by atoms with Gasteiger partial charge in [0.1, 0.15) is 23.0 Å². The van der Waals surface area contributed by atoms with E-state index in [-0.39, 0.29) is 55.2 Å². The smallest absolute Gasteiger partial charge is 0.410 e. The van der Waals surface area contributed by atoms with Crippen LogP contribution >= 0.6 is 0 Å². The lowest BCUT2D eigenvalue weighted by Gasteiger charge is -2.50. The maximum absolute atomic E-state index is 13.4. The van der Waals surface area contributed by atoms with Crippen LogP contribution in [0.5, 0.6) is 0 Å². The topological polar surface area (TPSA) is 122 Å². The molecule has 0 radical (unpaired) electrons. The number of ether oxygens (including phenoxy) is 1. The standard InChI is InChI=1S/C15H19FN2O.C10H17NO3.C8H8FNO.2CH4/c1-2-18-13-4-3-11(16)9-12(13)14(19)10-15(18)5-7-17-8-6-15;1-10(2,3)14-9(13)11-6-4-8(12)5-7-11;1-5(11)7-4-6(9)2-3-8(7)10;;/h3-4,9,17H,2,5-8,10H2,1H3;4-7H2,1-3H3;2-4H,10H2,1H3;2*1H4. The normalized spacial score (nSPS) is 16.8. The van der Waals surface area contributed by atoms with E-state index in [1.54, 1.807) is 11.0 Å². The second-order valence-electron chi connectivity index (χ2n) is 12.3. The molecule has 2 aromatic carbocycles. The van der Waals surface area contributed by atoms with Crippen LogP contribution in [-0.4, -0.2) is 72.2 Å². The lowest BCUT2D eigenvalue weighted by Crippen LogP contribution is -2.58. The maximum Gasteiger partial charge on any atom is 0.410 e. The number of ketones is 3. The first kappa shape index (κ1) is 40.2. The molecule has 0 aromatic heterocycles. The van der Waals surface area contributed by atoms with Crippen molar-refractivity contribution in [2.45, 2.75) is 92.7 Å². The molecule has 1 amide bonds. The molecule has 0 atom stereocenters. The predicted octanol–water partition coefficient (Wildman–Crippen LogP) is 6.83. The first-order valence-corrected chi connectivity index (χ1v) is 15.0. The predicted molar refractivity (Wildman–Crippen MR) is 180 cm³/mol. The van der Waals surface area contributed by atoms with Gasteiger partial charge in [-0.3, -0.25) is 14.4 Å². The molecule has 0 bridgehead atoms. The van der Waals surface area contributed by atoms with E-state index < -0.39 is 11.4 Å². The van der Waals surface area contributed by atoms with Crippen molar-refractivity contribution in [3.8, 4) is 0 Å². The average molecular weight is 647 g/mol. The molecule has 9 nitrogen and oxygen atoms in total. The number of piperidine rings is 2. The van der Waals surface area contributed by atoms with E-state index in [2.05, 4.69) is 17.1 Å². The number of nitrogen functional groups attached to an aromatic ring is 1. The van der Waals surface area contributed by atoms with Crippen LogP contribution < -0.4 is 16.0 Å². The van der Waals surface area contributed by atoms with E-state index in [0.29, 0.717) is 43.6 Å². The Kier molecular flexibility index (Phi) is 15.0. The van der Waals surface area contributed by atoms with Crippen molar-refractivity contribution in [2.75, 3.05) is 43.4 Å². The van der Waals surface area contributed by atoms with Gasteiger partial charge in [0.15, 0.2) is 11.6 Å². The van der Waals surface area contributed by atoms with Crippen LogP contribution in [0.4, 0.5) is 25.0 Å². The Balaban J connectivity index is 0.000000352. The van der Waals surface area contributed by atoms with Crippen LogP contribution in [0.2, 0.25) is 0 Å². The molecule has 11 heteroatoms. The van der Waals surface area contributed by atoms with Crippen LogP contribution in [0.15, 0.2) is 36.4 Å². The van der Waals surface area contributed by atoms with E-state index in [9.17, 15) is 28.0 Å². The van der Waals surface area contributed by atoms with E-state index >= 15 is 0 Å². The van der Waals surface area contributed by atoms with Crippen molar-refractivity contribution >= 4 is 34.8 Å². The van der Waals surface area contributed by atoms with Gasteiger partial charge in [-0.05, 0) is 96.9 Å². The molecule has 0 aliphatic carbocycles. The summed E-state index contributed by atoms with van der Waals surface area (Å²) in [7, 11) is 0. The molecular weight excluding hydrogens is 594 g/mol. The number of nitrogens with two attached hydrogens (primary N) is 1. The maximum atomic E-state index is 13.4. The molecule has 3 aliphatic rings. The largest absolute Gasteiger partial charge is 0.444 e. The monoisotopic (exact) mass is 646 g/mol. The average Bonchev–Trinajstić information content (AvgIpc) is 2.95. The number of carbonyl (C=O) groups is 4. The van der Waals surface area contributed by atoms with Gasteiger partial charge in [-0.25, -0.2) is 13.6 Å². The molecule has 3 N–H and O–H groups in total. The van der Waals surface area contributed by atoms with Gasteiger partial charge in [0, 0.05) is 66.9 Å². The van der Waals surface area contributed by atoms with Gasteiger partial charge in [-0.1, -0.05) is 14.9 Å². The Labute approximate surface area is 272 Å². The molecule has 2 aromatic rings. The number of hydrogen-bond acceptors (Lipinski definition) is 8. The van der Waals surface area contributed by atoms with Crippen LogP contribution in [0.25, 0.3) is 0 Å². The highest BCUT2D eigenvalue weighted by Gasteiger charge is 2.44. The third kappa shape index (κ3) is 10.6. The number of anilines is 2. The molecule has 5 rings (SSSR count). The molecule has 3 aliphatic heterocycles. The summed E-state index contributed by atoms with van der Waals surface area (Å²) in [6.07, 6.45) is 3.06. The highest BCUT2D eigenvalue weighted by atomic mass is 19.1. The van der Waals surface area contributed by atoms with Crippen LogP contribution in [0.3, 0.4) is 0 Å². The zero-order valence-corrected chi connectivity index (χ0v) is 26.3. The summed E-state index contributed by atoms with van der Waals surface area (Å²) in [5, 5.41) is 3.35. The molecular formula is C35H52F2N4O5. The summed E-state index contributed by atoms with van der Waals surface area (Å²) in [6, 6.07) is 8.34. The van der Waals surface area contributed by atoms with Gasteiger partial charge in [0.25, 0.3) is 0 Å². The number of nitrogens with zero attached hydrogens (tertiary/aromatic N) is 2. The number of nitrogens with one attached hydrogen (secondary N) is 1. The lowest BCUT2D eigenvalue weighted by molar-refractivity contribution is -0.121. The van der Waals surface area contributed by atoms with Gasteiger partial charge in [0.2, 0.25) is 0 Å². The number of Topliss-reactive ketones (excluding diaryl/α,β-unsaturated/α-hetero) is 3. The summed E-state index contributed by atoms with van der Waals surface area (Å²) in [6.45, 7) is 12.7. The minimum Gasteiger partial charge on any atom is -0.444 e. The van der Waals surface area contributed by atoms with Crippen molar-refractivity contribution in [3.63, 3.8) is 0 Å². The number of hydrogen-bond donors (Lipinski definition) is 2. The van der Waals surface area contributed by atoms with E-state index in [1.165, 1.54) is 31.2 Å². The fourth-order valence-corrected chi connectivity index (χ4v) is 5.66. The Morgan fingerprint density at radius 3 is 2.07 bits per heavy atom. The third-order valence-corrected chi connectivity index (χ3v) is 7.83. The van der Waals surface area contributed by atoms with Gasteiger partial charge in [-0.2, -0.15) is 0 Å². The number of rotatable bonds is 2.